The van der Waals surface area contributed by atoms with Gasteiger partial charge in [0.2, 0.25) is 0 Å². The lowest BCUT2D eigenvalue weighted by molar-refractivity contribution is 0.102. The average molecular weight is 400 g/mol. The normalized spacial score (nSPS) is 14.0. The van der Waals surface area contributed by atoms with Crippen molar-refractivity contribution < 1.29 is 9.53 Å². The molecule has 0 spiro atoms. The molecule has 0 unspecified atom stereocenters. The van der Waals surface area contributed by atoms with Crippen LogP contribution >= 0.6 is 0 Å². The van der Waals surface area contributed by atoms with Crippen LogP contribution in [0.1, 0.15) is 21.7 Å². The molecular formula is C22H20N6O2. The molecule has 0 saturated heterocycles. The Morgan fingerprint density at radius 1 is 1.17 bits per heavy atom. The van der Waals surface area contributed by atoms with E-state index >= 15 is 0 Å². The van der Waals surface area contributed by atoms with Crippen molar-refractivity contribution in [2.24, 2.45) is 0 Å². The third-order valence-corrected chi connectivity index (χ3v) is 4.74. The van der Waals surface area contributed by atoms with Gasteiger partial charge in [0, 0.05) is 17.5 Å². The molecule has 8 nitrogen and oxygen atoms in total. The number of aromatic nitrogens is 2. The van der Waals surface area contributed by atoms with Gasteiger partial charge in [0.05, 0.1) is 18.4 Å². The highest BCUT2D eigenvalue weighted by Gasteiger charge is 2.19. The molecule has 0 saturated carbocycles. The van der Waals surface area contributed by atoms with Crippen LogP contribution in [0, 0.1) is 17.7 Å². The summed E-state index contributed by atoms with van der Waals surface area (Å²) < 4.78 is 5.85. The summed E-state index contributed by atoms with van der Waals surface area (Å²) in [6.07, 6.45) is 2.84. The van der Waals surface area contributed by atoms with Crippen molar-refractivity contribution in [3.63, 3.8) is 0 Å². The number of aryl methyl sites for hydroxylation is 1. The Kier molecular flexibility index (Phi) is 5.21. The van der Waals surface area contributed by atoms with Crippen molar-refractivity contribution in [3.8, 4) is 16.9 Å². The summed E-state index contributed by atoms with van der Waals surface area (Å²) in [6, 6.07) is 14.3. The summed E-state index contributed by atoms with van der Waals surface area (Å²) >= 11 is 0. The highest BCUT2D eigenvalue weighted by molar-refractivity contribution is 6.07. The minimum atomic E-state index is -0.354. The lowest BCUT2D eigenvalue weighted by Crippen LogP contribution is -2.34. The van der Waals surface area contributed by atoms with Gasteiger partial charge < -0.3 is 15.0 Å². The van der Waals surface area contributed by atoms with Crippen molar-refractivity contribution in [1.29, 1.82) is 10.8 Å². The fraction of sp³-hybridized carbons (Fsp3) is 0.136. The van der Waals surface area contributed by atoms with Crippen LogP contribution in [-0.2, 0) is 0 Å². The first-order chi connectivity index (χ1) is 14.5. The predicted octanol–water partition coefficient (Wildman–Crippen LogP) is 3.33. The maximum Gasteiger partial charge on any atom is 0.260 e. The van der Waals surface area contributed by atoms with Gasteiger partial charge in [-0.15, -0.1) is 0 Å². The lowest BCUT2D eigenvalue weighted by atomic mass is 10.0. The van der Waals surface area contributed by atoms with E-state index in [9.17, 15) is 4.79 Å². The SMILES string of the molecule is Cc1ccc(-c2ccc3c(c2)C(=O)Nc2cccc(n2)C(=N)N(C=N)CCO3)cn1. The molecule has 3 heterocycles. The summed E-state index contributed by atoms with van der Waals surface area (Å²) in [6.45, 7) is 2.39. The number of rotatable bonds is 2. The molecule has 1 aliphatic heterocycles. The van der Waals surface area contributed by atoms with Crippen LogP contribution in [0.25, 0.3) is 11.1 Å². The van der Waals surface area contributed by atoms with Crippen molar-refractivity contribution in [2.75, 3.05) is 18.5 Å². The molecule has 150 valence electrons. The van der Waals surface area contributed by atoms with E-state index < -0.39 is 0 Å². The lowest BCUT2D eigenvalue weighted by Gasteiger charge is -2.21. The van der Waals surface area contributed by atoms with Gasteiger partial charge in [-0.05, 0) is 42.8 Å². The topological polar surface area (TPSA) is 115 Å². The minimum Gasteiger partial charge on any atom is -0.491 e. The second-order valence-electron chi connectivity index (χ2n) is 6.78. The van der Waals surface area contributed by atoms with Crippen LogP contribution < -0.4 is 10.1 Å². The smallest absolute Gasteiger partial charge is 0.260 e. The zero-order valence-corrected chi connectivity index (χ0v) is 16.3. The predicted molar refractivity (Wildman–Crippen MR) is 114 cm³/mol. The van der Waals surface area contributed by atoms with Crippen molar-refractivity contribution >= 4 is 23.9 Å². The molecule has 2 aromatic heterocycles. The van der Waals surface area contributed by atoms with E-state index in [-0.39, 0.29) is 24.9 Å². The second-order valence-corrected chi connectivity index (χ2v) is 6.78. The van der Waals surface area contributed by atoms with Crippen LogP contribution in [0.2, 0.25) is 0 Å². The molecule has 1 aromatic carbocycles. The fourth-order valence-electron chi connectivity index (χ4n) is 3.11. The summed E-state index contributed by atoms with van der Waals surface area (Å²) in [5.74, 6) is 0.450. The Balaban J connectivity index is 1.75. The van der Waals surface area contributed by atoms with Crippen LogP contribution in [0.5, 0.6) is 5.75 Å². The van der Waals surface area contributed by atoms with Crippen molar-refractivity contribution in [1.82, 2.24) is 14.9 Å². The zero-order valence-electron chi connectivity index (χ0n) is 16.3. The quantitative estimate of drug-likeness (QED) is 0.451. The van der Waals surface area contributed by atoms with E-state index in [1.807, 2.05) is 25.1 Å². The van der Waals surface area contributed by atoms with E-state index in [2.05, 4.69) is 15.3 Å². The molecule has 0 atom stereocenters. The molecule has 3 N–H and O–H groups in total. The number of pyridine rings is 2. The summed E-state index contributed by atoms with van der Waals surface area (Å²) in [4.78, 5) is 23.1. The number of fused-ring (bicyclic) bond motifs is 3. The monoisotopic (exact) mass is 400 g/mol. The van der Waals surface area contributed by atoms with E-state index in [1.54, 1.807) is 36.5 Å². The van der Waals surface area contributed by atoms with Gasteiger partial charge in [-0.25, -0.2) is 4.98 Å². The van der Waals surface area contributed by atoms with Gasteiger partial charge in [0.15, 0.2) is 5.84 Å². The largest absolute Gasteiger partial charge is 0.491 e. The first kappa shape index (κ1) is 19.3. The Morgan fingerprint density at radius 2 is 2.00 bits per heavy atom. The van der Waals surface area contributed by atoms with Gasteiger partial charge in [-0.1, -0.05) is 18.2 Å². The summed E-state index contributed by atoms with van der Waals surface area (Å²) in [5, 5.41) is 18.7. The zero-order chi connectivity index (χ0) is 21.1. The van der Waals surface area contributed by atoms with E-state index in [0.717, 1.165) is 23.2 Å². The Hall–Kier alpha value is -4.07. The first-order valence-electron chi connectivity index (χ1n) is 9.39. The van der Waals surface area contributed by atoms with Crippen LogP contribution in [0.3, 0.4) is 0 Å². The summed E-state index contributed by atoms with van der Waals surface area (Å²) in [7, 11) is 0. The number of carbonyl (C=O) groups is 1. The van der Waals surface area contributed by atoms with Gasteiger partial charge in [-0.2, -0.15) is 0 Å². The molecule has 0 fully saturated rings. The molecule has 0 radical (unpaired) electrons. The number of hydrogen-bond acceptors (Lipinski definition) is 6. The maximum absolute atomic E-state index is 13.0. The molecule has 0 aliphatic carbocycles. The van der Waals surface area contributed by atoms with Crippen molar-refractivity contribution in [2.45, 2.75) is 6.92 Å². The second kappa shape index (κ2) is 8.12. The number of carbonyl (C=O) groups excluding carboxylic acids is 1. The van der Waals surface area contributed by atoms with Gasteiger partial charge in [0.1, 0.15) is 23.9 Å². The Bertz CT molecular complexity index is 1130. The number of benzene rings is 1. The van der Waals surface area contributed by atoms with Crippen LogP contribution in [0.4, 0.5) is 5.82 Å². The Labute approximate surface area is 173 Å². The number of amidine groups is 1. The average Bonchev–Trinajstić information content (AvgIpc) is 2.76. The number of nitrogens with one attached hydrogen (secondary N) is 3. The van der Waals surface area contributed by atoms with Gasteiger partial charge in [-0.3, -0.25) is 20.6 Å². The van der Waals surface area contributed by atoms with Gasteiger partial charge >= 0.3 is 0 Å². The van der Waals surface area contributed by atoms with Crippen molar-refractivity contribution in [3.05, 3.63) is 71.7 Å². The molecule has 3 aromatic rings. The number of anilines is 1. The molecule has 30 heavy (non-hydrogen) atoms. The van der Waals surface area contributed by atoms with E-state index in [4.69, 9.17) is 15.6 Å². The molecule has 1 amide bonds. The highest BCUT2D eigenvalue weighted by atomic mass is 16.5. The standard InChI is InChI=1S/C22H20N6O2/c1-14-5-6-16(12-25-14)15-7-8-19-17(11-15)22(29)27-20-4-2-3-18(26-20)21(24)28(13-23)9-10-30-19/h2-8,11-13,23-24H,9-10H2,1H3,(H,26,27,29). The molecule has 8 heteroatoms. The van der Waals surface area contributed by atoms with E-state index in [0.29, 0.717) is 22.8 Å². The highest BCUT2D eigenvalue weighted by Crippen LogP contribution is 2.28. The van der Waals surface area contributed by atoms with Crippen LogP contribution in [0.15, 0.2) is 54.7 Å². The fourth-order valence-corrected chi connectivity index (χ4v) is 3.11. The summed E-state index contributed by atoms with van der Waals surface area (Å²) in [5.41, 5.74) is 3.38. The Morgan fingerprint density at radius 3 is 2.77 bits per heavy atom. The molecule has 4 rings (SSSR count). The minimum absolute atomic E-state index is 0.0627. The number of ether oxygens (including phenoxy) is 1. The number of hydrogen-bond donors (Lipinski definition) is 3. The third-order valence-electron chi connectivity index (χ3n) is 4.74. The molecule has 1 aliphatic rings. The van der Waals surface area contributed by atoms with Gasteiger partial charge in [0.25, 0.3) is 5.91 Å². The molecular weight excluding hydrogens is 380 g/mol. The first-order valence-corrected chi connectivity index (χ1v) is 9.39. The van der Waals surface area contributed by atoms with Crippen LogP contribution in [-0.4, -0.2) is 46.1 Å². The van der Waals surface area contributed by atoms with E-state index in [1.165, 1.54) is 4.90 Å². The third kappa shape index (κ3) is 3.88. The number of amides is 1. The molecule has 2 bridgehead atoms. The maximum atomic E-state index is 13.0. The number of nitrogens with zero attached hydrogens (tertiary/aromatic N) is 3.